The molecule has 5 heterocycles. The molecule has 1 amide bonds. The third-order valence-corrected chi connectivity index (χ3v) is 8.27. The number of nitrogens with one attached hydrogen (secondary N) is 1. The monoisotopic (exact) mass is 693 g/mol. The van der Waals surface area contributed by atoms with E-state index >= 15 is 0 Å². The lowest BCUT2D eigenvalue weighted by atomic mass is 10.1. The molecular formula is C33H68N6O9. The van der Waals surface area contributed by atoms with Gasteiger partial charge in [0.25, 0.3) is 0 Å². The van der Waals surface area contributed by atoms with Gasteiger partial charge in [-0.05, 0) is 25.9 Å². The Morgan fingerprint density at radius 2 is 0.979 bits per heavy atom. The van der Waals surface area contributed by atoms with Crippen molar-refractivity contribution in [2.45, 2.75) is 19.3 Å². The van der Waals surface area contributed by atoms with Crippen LogP contribution in [-0.4, -0.2) is 221 Å². The number of hydrogen-bond donors (Lipinski definition) is 3. The van der Waals surface area contributed by atoms with Crippen molar-refractivity contribution in [2.24, 2.45) is 5.73 Å². The van der Waals surface area contributed by atoms with Crippen LogP contribution >= 0.6 is 0 Å². The number of aliphatic hydroxyl groups is 1. The molecule has 0 unspecified atom stereocenters. The van der Waals surface area contributed by atoms with E-state index in [-0.39, 0.29) is 19.1 Å². The molecule has 5 aliphatic rings. The SMILES string of the molecule is C1CCN(CCOCCN2CCOCC2)CC1.NCCOCCN1CCOCC1.O=C1COCCN1.OCCOCCN1CCOCC1. The second-order valence-electron chi connectivity index (χ2n) is 12.0. The zero-order chi connectivity index (χ0) is 34.2. The summed E-state index contributed by atoms with van der Waals surface area (Å²) in [7, 11) is 0. The van der Waals surface area contributed by atoms with Gasteiger partial charge in [0.15, 0.2) is 0 Å². The first-order chi connectivity index (χ1) is 23.7. The van der Waals surface area contributed by atoms with Crippen LogP contribution in [0.2, 0.25) is 0 Å². The summed E-state index contributed by atoms with van der Waals surface area (Å²) in [5.41, 5.74) is 5.29. The molecule has 0 atom stereocenters. The van der Waals surface area contributed by atoms with E-state index in [2.05, 4.69) is 24.9 Å². The van der Waals surface area contributed by atoms with Gasteiger partial charge in [-0.1, -0.05) is 6.42 Å². The molecular weight excluding hydrogens is 624 g/mol. The van der Waals surface area contributed by atoms with Gasteiger partial charge < -0.3 is 54.2 Å². The number of nitrogens with two attached hydrogens (primary N) is 1. The lowest BCUT2D eigenvalue weighted by Crippen LogP contribution is -2.38. The summed E-state index contributed by atoms with van der Waals surface area (Å²) in [6.07, 6.45) is 4.15. The quantitative estimate of drug-likeness (QED) is 0.162. The predicted molar refractivity (Wildman–Crippen MR) is 184 cm³/mol. The van der Waals surface area contributed by atoms with Crippen LogP contribution in [0.4, 0.5) is 0 Å². The second-order valence-corrected chi connectivity index (χ2v) is 12.0. The summed E-state index contributed by atoms with van der Waals surface area (Å²) in [6.45, 7) is 24.7. The molecule has 5 aliphatic heterocycles. The van der Waals surface area contributed by atoms with E-state index in [0.717, 1.165) is 125 Å². The first-order valence-electron chi connectivity index (χ1n) is 18.2. The van der Waals surface area contributed by atoms with Gasteiger partial charge >= 0.3 is 0 Å². The molecule has 0 aliphatic carbocycles. The molecule has 0 spiro atoms. The topological polar surface area (TPSA) is 153 Å². The summed E-state index contributed by atoms with van der Waals surface area (Å²) in [5, 5.41) is 11.1. The van der Waals surface area contributed by atoms with Crippen LogP contribution in [-0.2, 0) is 38.0 Å². The Hall–Kier alpha value is -1.05. The molecule has 0 bridgehead atoms. The zero-order valence-corrected chi connectivity index (χ0v) is 29.7. The number of ether oxygens (including phenoxy) is 7. The Balaban J connectivity index is 0.000000232. The Morgan fingerprint density at radius 3 is 1.33 bits per heavy atom. The number of aliphatic hydroxyl groups excluding tert-OH is 1. The minimum absolute atomic E-state index is 0.00810. The molecule has 5 saturated heterocycles. The molecule has 15 nitrogen and oxygen atoms in total. The van der Waals surface area contributed by atoms with E-state index < -0.39 is 0 Å². The number of nitrogens with zero attached hydrogens (tertiary/aromatic N) is 4. The number of hydrogen-bond acceptors (Lipinski definition) is 14. The van der Waals surface area contributed by atoms with Gasteiger partial charge in [0.05, 0.1) is 92.5 Å². The summed E-state index contributed by atoms with van der Waals surface area (Å²) >= 11 is 0. The van der Waals surface area contributed by atoms with Crippen LogP contribution in [0.1, 0.15) is 19.3 Å². The molecule has 0 saturated carbocycles. The number of carbonyl (C=O) groups excluding carboxylic acids is 1. The third kappa shape index (κ3) is 25.0. The van der Waals surface area contributed by atoms with Gasteiger partial charge in [-0.25, -0.2) is 0 Å². The van der Waals surface area contributed by atoms with Crippen molar-refractivity contribution in [2.75, 3.05) is 191 Å². The maximum absolute atomic E-state index is 10.2. The lowest BCUT2D eigenvalue weighted by Gasteiger charge is -2.27. The number of piperidine rings is 1. The first-order valence-corrected chi connectivity index (χ1v) is 18.2. The maximum Gasteiger partial charge on any atom is 0.246 e. The second kappa shape index (κ2) is 31.9. The van der Waals surface area contributed by atoms with Crippen molar-refractivity contribution in [1.82, 2.24) is 24.9 Å². The lowest BCUT2D eigenvalue weighted by molar-refractivity contribution is -0.128. The molecule has 5 fully saturated rings. The van der Waals surface area contributed by atoms with Crippen LogP contribution in [0.3, 0.4) is 0 Å². The van der Waals surface area contributed by atoms with E-state index in [1.54, 1.807) is 0 Å². The normalized spacial score (nSPS) is 21.5. The van der Waals surface area contributed by atoms with Crippen molar-refractivity contribution >= 4 is 5.91 Å². The fraction of sp³-hybridized carbons (Fsp3) is 0.970. The van der Waals surface area contributed by atoms with E-state index in [9.17, 15) is 4.79 Å². The molecule has 0 aromatic rings. The summed E-state index contributed by atoms with van der Waals surface area (Å²) < 4.78 is 36.7. The van der Waals surface area contributed by atoms with Gasteiger partial charge in [0.2, 0.25) is 5.91 Å². The highest BCUT2D eigenvalue weighted by Crippen LogP contribution is 2.07. The van der Waals surface area contributed by atoms with Crippen LogP contribution in [0.25, 0.3) is 0 Å². The average molecular weight is 693 g/mol. The Labute approximate surface area is 289 Å². The summed E-state index contributed by atoms with van der Waals surface area (Å²) in [4.78, 5) is 19.8. The van der Waals surface area contributed by atoms with E-state index in [4.69, 9.17) is 44.0 Å². The fourth-order valence-corrected chi connectivity index (χ4v) is 5.36. The highest BCUT2D eigenvalue weighted by atomic mass is 16.5. The number of morpholine rings is 4. The Bertz CT molecular complexity index is 655. The van der Waals surface area contributed by atoms with Gasteiger partial charge in [-0.2, -0.15) is 0 Å². The van der Waals surface area contributed by atoms with E-state index in [1.807, 2.05) is 0 Å². The van der Waals surface area contributed by atoms with Crippen molar-refractivity contribution in [3.05, 3.63) is 0 Å². The van der Waals surface area contributed by atoms with E-state index in [0.29, 0.717) is 39.5 Å². The van der Waals surface area contributed by atoms with Gasteiger partial charge in [-0.15, -0.1) is 0 Å². The van der Waals surface area contributed by atoms with Crippen molar-refractivity contribution in [1.29, 1.82) is 0 Å². The van der Waals surface area contributed by atoms with Crippen molar-refractivity contribution in [3.63, 3.8) is 0 Å². The molecule has 0 aromatic heterocycles. The minimum Gasteiger partial charge on any atom is -0.394 e. The Kier molecular flexibility index (Phi) is 28.7. The third-order valence-electron chi connectivity index (χ3n) is 8.27. The summed E-state index contributed by atoms with van der Waals surface area (Å²) in [6, 6.07) is 0. The van der Waals surface area contributed by atoms with Gasteiger partial charge in [0.1, 0.15) is 6.61 Å². The number of amides is 1. The minimum atomic E-state index is -0.00810. The summed E-state index contributed by atoms with van der Waals surface area (Å²) in [5.74, 6) is -0.00810. The average Bonchev–Trinajstić information content (AvgIpc) is 3.15. The van der Waals surface area contributed by atoms with Crippen molar-refractivity contribution < 1.29 is 43.1 Å². The predicted octanol–water partition coefficient (Wildman–Crippen LogP) is -1.42. The maximum atomic E-state index is 10.2. The van der Waals surface area contributed by atoms with Gasteiger partial charge in [-0.3, -0.25) is 19.5 Å². The van der Waals surface area contributed by atoms with Gasteiger partial charge in [0, 0.05) is 78.5 Å². The molecule has 0 radical (unpaired) electrons. The number of rotatable bonds is 16. The molecule has 284 valence electrons. The van der Waals surface area contributed by atoms with Crippen LogP contribution in [0, 0.1) is 0 Å². The first kappa shape index (κ1) is 43.1. The van der Waals surface area contributed by atoms with Crippen LogP contribution in [0.15, 0.2) is 0 Å². The molecule has 15 heteroatoms. The Morgan fingerprint density at radius 1 is 0.562 bits per heavy atom. The zero-order valence-electron chi connectivity index (χ0n) is 29.7. The molecule has 4 N–H and O–H groups in total. The van der Waals surface area contributed by atoms with Crippen molar-refractivity contribution in [3.8, 4) is 0 Å². The highest BCUT2D eigenvalue weighted by molar-refractivity contribution is 5.77. The standard InChI is InChI=1S/C13H26N2O2.C8H18N2O2.C8H17NO3.C4H7NO2/c1-2-4-14(5-3-1)6-10-16-11-7-15-8-12-17-13-9-15;9-1-5-11-6-2-10-3-7-12-8-4-10;10-4-8-12-7-3-9-1-5-11-6-2-9;6-4-3-7-2-1-5-4/h1-13H2;1-9H2;10H,1-8H2;1-3H2,(H,5,6). The smallest absolute Gasteiger partial charge is 0.246 e. The fourth-order valence-electron chi connectivity index (χ4n) is 5.36. The highest BCUT2D eigenvalue weighted by Gasteiger charge is 2.12. The van der Waals surface area contributed by atoms with E-state index in [1.165, 1.54) is 32.4 Å². The van der Waals surface area contributed by atoms with Crippen LogP contribution < -0.4 is 11.1 Å². The molecule has 5 rings (SSSR count). The number of likely N-dealkylation sites (tertiary alicyclic amines) is 1. The number of carbonyl (C=O) groups is 1. The molecule has 0 aromatic carbocycles. The largest absolute Gasteiger partial charge is 0.394 e. The van der Waals surface area contributed by atoms with Crippen LogP contribution in [0.5, 0.6) is 0 Å². The molecule has 48 heavy (non-hydrogen) atoms.